The lowest BCUT2D eigenvalue weighted by molar-refractivity contribution is 0.210. The molecule has 20 heavy (non-hydrogen) atoms. The van der Waals surface area contributed by atoms with Crippen LogP contribution < -0.4 is 10.6 Å². The van der Waals surface area contributed by atoms with Gasteiger partial charge in [0.2, 0.25) is 5.95 Å². The molecule has 1 aromatic carbocycles. The number of rotatable bonds is 8. The van der Waals surface area contributed by atoms with Gasteiger partial charge in [-0.05, 0) is 18.6 Å². The Morgan fingerprint density at radius 2 is 2.00 bits per heavy atom. The van der Waals surface area contributed by atoms with E-state index in [0.717, 1.165) is 16.7 Å². The second-order valence-electron chi connectivity index (χ2n) is 4.34. The molecule has 0 unspecified atom stereocenters. The van der Waals surface area contributed by atoms with Gasteiger partial charge in [0.05, 0.1) is 12.1 Å². The maximum Gasteiger partial charge on any atom is 0.225 e. The number of hydrogen-bond acceptors (Lipinski definition) is 6. The summed E-state index contributed by atoms with van der Waals surface area (Å²) in [5, 5.41) is 16.2. The molecule has 0 saturated carbocycles. The molecule has 108 valence electrons. The van der Waals surface area contributed by atoms with E-state index in [1.807, 2.05) is 24.3 Å². The molecule has 0 aliphatic carbocycles. The predicted molar refractivity (Wildman–Crippen MR) is 80.1 cm³/mol. The lowest BCUT2D eigenvalue weighted by Gasteiger charge is -2.11. The van der Waals surface area contributed by atoms with Crippen LogP contribution in [-0.4, -0.2) is 48.5 Å². The third-order valence-electron chi connectivity index (χ3n) is 2.82. The van der Waals surface area contributed by atoms with Gasteiger partial charge >= 0.3 is 0 Å². The summed E-state index contributed by atoms with van der Waals surface area (Å²) in [5.74, 6) is 1.36. The topological polar surface area (TPSA) is 79.3 Å². The Kier molecular flexibility index (Phi) is 5.52. The number of methoxy groups -OCH3 is 1. The Morgan fingerprint density at radius 1 is 1.15 bits per heavy atom. The zero-order valence-corrected chi connectivity index (χ0v) is 11.6. The van der Waals surface area contributed by atoms with Gasteiger partial charge in [-0.1, -0.05) is 12.1 Å². The molecular formula is C14H20N4O2. The van der Waals surface area contributed by atoms with Crippen LogP contribution in [0.1, 0.15) is 6.42 Å². The van der Waals surface area contributed by atoms with Crippen molar-refractivity contribution in [2.24, 2.45) is 0 Å². The van der Waals surface area contributed by atoms with Gasteiger partial charge in [-0.3, -0.25) is 0 Å². The summed E-state index contributed by atoms with van der Waals surface area (Å²) in [6.45, 7) is 2.10. The van der Waals surface area contributed by atoms with Gasteiger partial charge in [-0.2, -0.15) is 4.98 Å². The van der Waals surface area contributed by atoms with Gasteiger partial charge in [0.25, 0.3) is 0 Å². The standard InChI is InChI=1S/C14H20N4O2/c1-20-10-8-16-14-17-12-6-3-2-5-11(12)13(18-14)15-7-4-9-19/h2-3,5-6,19H,4,7-10H2,1H3,(H2,15,16,17,18). The van der Waals surface area contributed by atoms with Gasteiger partial charge in [-0.25, -0.2) is 4.98 Å². The molecule has 0 fully saturated rings. The molecule has 0 amide bonds. The van der Waals surface area contributed by atoms with Crippen molar-refractivity contribution in [3.05, 3.63) is 24.3 Å². The lowest BCUT2D eigenvalue weighted by atomic mass is 10.2. The van der Waals surface area contributed by atoms with E-state index in [4.69, 9.17) is 9.84 Å². The van der Waals surface area contributed by atoms with Gasteiger partial charge in [-0.15, -0.1) is 0 Å². The van der Waals surface area contributed by atoms with Crippen LogP contribution in [0, 0.1) is 0 Å². The number of nitrogens with one attached hydrogen (secondary N) is 2. The quantitative estimate of drug-likeness (QED) is 0.634. The highest BCUT2D eigenvalue weighted by molar-refractivity contribution is 5.89. The van der Waals surface area contributed by atoms with E-state index in [0.29, 0.717) is 32.1 Å². The van der Waals surface area contributed by atoms with E-state index in [9.17, 15) is 0 Å². The predicted octanol–water partition coefficient (Wildman–Crippen LogP) is 1.48. The highest BCUT2D eigenvalue weighted by atomic mass is 16.5. The number of para-hydroxylation sites is 1. The fraction of sp³-hybridized carbons (Fsp3) is 0.429. The first-order valence-electron chi connectivity index (χ1n) is 6.69. The number of ether oxygens (including phenoxy) is 1. The minimum Gasteiger partial charge on any atom is -0.396 e. The van der Waals surface area contributed by atoms with Crippen LogP contribution in [0.2, 0.25) is 0 Å². The third-order valence-corrected chi connectivity index (χ3v) is 2.82. The van der Waals surface area contributed by atoms with Gasteiger partial charge in [0.1, 0.15) is 5.82 Å². The van der Waals surface area contributed by atoms with Crippen molar-refractivity contribution < 1.29 is 9.84 Å². The molecule has 0 atom stereocenters. The number of nitrogens with zero attached hydrogens (tertiary/aromatic N) is 2. The summed E-state index contributed by atoms with van der Waals surface area (Å²) in [4.78, 5) is 8.94. The summed E-state index contributed by atoms with van der Waals surface area (Å²) in [5.41, 5.74) is 0.883. The molecule has 0 bridgehead atoms. The minimum absolute atomic E-state index is 0.162. The first-order valence-corrected chi connectivity index (χ1v) is 6.69. The zero-order valence-electron chi connectivity index (χ0n) is 11.6. The fourth-order valence-electron chi connectivity index (χ4n) is 1.84. The molecule has 1 aromatic heterocycles. The second kappa shape index (κ2) is 7.62. The van der Waals surface area contributed by atoms with Gasteiger partial charge in [0, 0.05) is 32.2 Å². The average molecular weight is 276 g/mol. The molecule has 6 heteroatoms. The highest BCUT2D eigenvalue weighted by Gasteiger charge is 2.06. The van der Waals surface area contributed by atoms with Crippen molar-refractivity contribution in [3.8, 4) is 0 Å². The number of aliphatic hydroxyl groups is 1. The number of benzene rings is 1. The maximum absolute atomic E-state index is 8.86. The minimum atomic E-state index is 0.162. The van der Waals surface area contributed by atoms with Crippen molar-refractivity contribution >= 4 is 22.7 Å². The molecule has 0 aliphatic heterocycles. The van der Waals surface area contributed by atoms with E-state index in [2.05, 4.69) is 20.6 Å². The zero-order chi connectivity index (χ0) is 14.2. The Bertz CT molecular complexity index is 548. The summed E-state index contributed by atoms with van der Waals surface area (Å²) in [7, 11) is 1.66. The molecule has 0 radical (unpaired) electrons. The van der Waals surface area contributed by atoms with Crippen LogP contribution >= 0.6 is 0 Å². The monoisotopic (exact) mass is 276 g/mol. The average Bonchev–Trinajstić information content (AvgIpc) is 2.48. The van der Waals surface area contributed by atoms with Crippen LogP contribution in [0.3, 0.4) is 0 Å². The van der Waals surface area contributed by atoms with Crippen LogP contribution in [0.4, 0.5) is 11.8 Å². The molecule has 2 rings (SSSR count). The molecular weight excluding hydrogens is 256 g/mol. The van der Waals surface area contributed by atoms with Crippen molar-refractivity contribution in [1.82, 2.24) is 9.97 Å². The number of fused-ring (bicyclic) bond motifs is 1. The smallest absolute Gasteiger partial charge is 0.225 e. The van der Waals surface area contributed by atoms with E-state index >= 15 is 0 Å². The summed E-state index contributed by atoms with van der Waals surface area (Å²) >= 11 is 0. The molecule has 0 spiro atoms. The molecule has 0 aliphatic rings. The number of anilines is 2. The summed E-state index contributed by atoms with van der Waals surface area (Å²) in [6.07, 6.45) is 0.685. The van der Waals surface area contributed by atoms with Crippen molar-refractivity contribution in [2.45, 2.75) is 6.42 Å². The fourth-order valence-corrected chi connectivity index (χ4v) is 1.84. The maximum atomic E-state index is 8.86. The summed E-state index contributed by atoms with van der Waals surface area (Å²) in [6, 6.07) is 7.85. The lowest BCUT2D eigenvalue weighted by Crippen LogP contribution is -2.12. The number of aliphatic hydroxyl groups excluding tert-OH is 1. The summed E-state index contributed by atoms with van der Waals surface area (Å²) < 4.78 is 5.00. The number of hydrogen-bond donors (Lipinski definition) is 3. The van der Waals surface area contributed by atoms with Crippen LogP contribution in [0.15, 0.2) is 24.3 Å². The SMILES string of the molecule is COCCNc1nc(NCCCO)c2ccccc2n1. The van der Waals surface area contributed by atoms with E-state index in [-0.39, 0.29) is 6.61 Å². The van der Waals surface area contributed by atoms with E-state index < -0.39 is 0 Å². The second-order valence-corrected chi connectivity index (χ2v) is 4.34. The van der Waals surface area contributed by atoms with E-state index in [1.165, 1.54) is 0 Å². The Balaban J connectivity index is 2.21. The first-order chi connectivity index (χ1) is 9.85. The normalized spacial score (nSPS) is 10.7. The third kappa shape index (κ3) is 3.79. The Morgan fingerprint density at radius 3 is 2.80 bits per heavy atom. The largest absolute Gasteiger partial charge is 0.396 e. The molecule has 0 saturated heterocycles. The van der Waals surface area contributed by atoms with Gasteiger partial charge < -0.3 is 20.5 Å². The van der Waals surface area contributed by atoms with Crippen LogP contribution in [0.25, 0.3) is 10.9 Å². The van der Waals surface area contributed by atoms with Crippen LogP contribution in [-0.2, 0) is 4.74 Å². The molecule has 1 heterocycles. The van der Waals surface area contributed by atoms with Crippen molar-refractivity contribution in [2.75, 3.05) is 44.0 Å². The Hall–Kier alpha value is -1.92. The number of aromatic nitrogens is 2. The Labute approximate surface area is 118 Å². The van der Waals surface area contributed by atoms with Crippen molar-refractivity contribution in [1.29, 1.82) is 0 Å². The van der Waals surface area contributed by atoms with Crippen molar-refractivity contribution in [3.63, 3.8) is 0 Å². The highest BCUT2D eigenvalue weighted by Crippen LogP contribution is 2.21. The first kappa shape index (κ1) is 14.5. The molecule has 6 nitrogen and oxygen atoms in total. The van der Waals surface area contributed by atoms with Crippen LogP contribution in [0.5, 0.6) is 0 Å². The molecule has 2 aromatic rings. The van der Waals surface area contributed by atoms with Gasteiger partial charge in [0.15, 0.2) is 0 Å². The molecule has 3 N–H and O–H groups in total. The van der Waals surface area contributed by atoms with E-state index in [1.54, 1.807) is 7.11 Å².